The van der Waals surface area contributed by atoms with Crippen LogP contribution in [-0.4, -0.2) is 84.4 Å². The van der Waals surface area contributed by atoms with Crippen LogP contribution < -0.4 is 5.32 Å². The van der Waals surface area contributed by atoms with Crippen LogP contribution in [0.2, 0.25) is 0 Å². The van der Waals surface area contributed by atoms with Gasteiger partial charge in [-0.3, -0.25) is 19.4 Å². The average Bonchev–Trinajstić information content (AvgIpc) is 3.30. The third kappa shape index (κ3) is 5.37. The van der Waals surface area contributed by atoms with Crippen molar-refractivity contribution in [2.45, 2.75) is 50.6 Å². The van der Waals surface area contributed by atoms with Crippen LogP contribution >= 0.6 is 0 Å². The first-order chi connectivity index (χ1) is 14.2. The monoisotopic (exact) mass is 398 g/mol. The van der Waals surface area contributed by atoms with E-state index in [0.29, 0.717) is 12.1 Å². The fourth-order valence-electron chi connectivity index (χ4n) is 4.98. The van der Waals surface area contributed by atoms with Crippen LogP contribution in [0, 0.1) is 0 Å². The van der Waals surface area contributed by atoms with E-state index in [0.717, 1.165) is 58.2 Å². The van der Waals surface area contributed by atoms with E-state index in [-0.39, 0.29) is 17.9 Å². The van der Waals surface area contributed by atoms with Gasteiger partial charge < -0.3 is 10.2 Å². The quantitative estimate of drug-likeness (QED) is 0.824. The number of piperidine rings is 1. The summed E-state index contributed by atoms with van der Waals surface area (Å²) >= 11 is 0. The van der Waals surface area contributed by atoms with Gasteiger partial charge in [-0.25, -0.2) is 0 Å². The molecule has 1 aromatic rings. The second-order valence-electron chi connectivity index (χ2n) is 8.74. The fourth-order valence-corrected chi connectivity index (χ4v) is 4.98. The van der Waals surface area contributed by atoms with Crippen LogP contribution in [0.25, 0.3) is 0 Å². The van der Waals surface area contributed by atoms with E-state index in [1.54, 1.807) is 0 Å². The maximum absolute atomic E-state index is 12.7. The van der Waals surface area contributed by atoms with Crippen LogP contribution in [0.15, 0.2) is 30.3 Å². The minimum Gasteiger partial charge on any atom is -0.349 e. The topological polar surface area (TPSA) is 55.9 Å². The lowest BCUT2D eigenvalue weighted by Crippen LogP contribution is -2.53. The summed E-state index contributed by atoms with van der Waals surface area (Å²) in [6.07, 6.45) is 7.14. The standard InChI is InChI=1S/C23H34N4O2/c28-22(18-25-14-16-26(17-15-25)21-8-4-5-9-21)27-12-10-20(11-13-27)24-23(29)19-6-2-1-3-7-19/h1-3,6-7,20-21H,4-5,8-18H2,(H,24,29). The van der Waals surface area contributed by atoms with Crippen molar-refractivity contribution in [3.63, 3.8) is 0 Å². The van der Waals surface area contributed by atoms with Gasteiger partial charge in [0.1, 0.15) is 0 Å². The van der Waals surface area contributed by atoms with Gasteiger partial charge in [0, 0.05) is 56.9 Å². The van der Waals surface area contributed by atoms with Crippen molar-refractivity contribution in [2.24, 2.45) is 0 Å². The van der Waals surface area contributed by atoms with Gasteiger partial charge in [-0.05, 0) is 37.8 Å². The van der Waals surface area contributed by atoms with Gasteiger partial charge in [-0.15, -0.1) is 0 Å². The van der Waals surface area contributed by atoms with E-state index >= 15 is 0 Å². The summed E-state index contributed by atoms with van der Waals surface area (Å²) in [4.78, 5) is 32.0. The van der Waals surface area contributed by atoms with E-state index in [2.05, 4.69) is 15.1 Å². The molecule has 0 aromatic heterocycles. The molecule has 29 heavy (non-hydrogen) atoms. The minimum atomic E-state index is -0.0180. The molecule has 1 N–H and O–H groups in total. The van der Waals surface area contributed by atoms with E-state index in [1.807, 2.05) is 35.2 Å². The summed E-state index contributed by atoms with van der Waals surface area (Å²) in [7, 11) is 0. The molecule has 4 rings (SSSR count). The van der Waals surface area contributed by atoms with Crippen LogP contribution in [0.4, 0.5) is 0 Å². The highest BCUT2D eigenvalue weighted by Gasteiger charge is 2.29. The van der Waals surface area contributed by atoms with Gasteiger partial charge in [-0.2, -0.15) is 0 Å². The van der Waals surface area contributed by atoms with Gasteiger partial charge >= 0.3 is 0 Å². The SMILES string of the molecule is O=C(NC1CCN(C(=O)CN2CCN(C3CCCC3)CC2)CC1)c1ccccc1. The highest BCUT2D eigenvalue weighted by atomic mass is 16.2. The maximum Gasteiger partial charge on any atom is 0.251 e. The molecule has 0 bridgehead atoms. The number of carbonyl (C=O) groups is 2. The predicted octanol–water partition coefficient (Wildman–Crippen LogP) is 1.97. The molecule has 1 aliphatic carbocycles. The van der Waals surface area contributed by atoms with Crippen molar-refractivity contribution in [1.82, 2.24) is 20.0 Å². The van der Waals surface area contributed by atoms with Crippen molar-refractivity contribution in [2.75, 3.05) is 45.8 Å². The molecule has 0 atom stereocenters. The van der Waals surface area contributed by atoms with Crippen LogP contribution in [0.5, 0.6) is 0 Å². The number of piperazine rings is 1. The molecule has 0 radical (unpaired) electrons. The Balaban J connectivity index is 1.16. The lowest BCUT2D eigenvalue weighted by atomic mass is 10.0. The molecule has 0 unspecified atom stereocenters. The molecule has 3 aliphatic rings. The van der Waals surface area contributed by atoms with Crippen molar-refractivity contribution in [3.05, 3.63) is 35.9 Å². The Morgan fingerprint density at radius 1 is 0.862 bits per heavy atom. The Bertz CT molecular complexity index is 673. The van der Waals surface area contributed by atoms with Gasteiger partial charge in [-0.1, -0.05) is 31.0 Å². The fraction of sp³-hybridized carbons (Fsp3) is 0.652. The molecule has 2 aliphatic heterocycles. The third-order valence-electron chi connectivity index (χ3n) is 6.83. The third-order valence-corrected chi connectivity index (χ3v) is 6.83. The number of nitrogens with one attached hydrogen (secondary N) is 1. The molecule has 6 heteroatoms. The van der Waals surface area contributed by atoms with Crippen molar-refractivity contribution < 1.29 is 9.59 Å². The summed E-state index contributed by atoms with van der Waals surface area (Å²) < 4.78 is 0. The first-order valence-corrected chi connectivity index (χ1v) is 11.3. The molecular weight excluding hydrogens is 364 g/mol. The predicted molar refractivity (Wildman–Crippen MR) is 114 cm³/mol. The average molecular weight is 399 g/mol. The Labute approximate surface area is 174 Å². The summed E-state index contributed by atoms with van der Waals surface area (Å²) in [5.41, 5.74) is 0.697. The van der Waals surface area contributed by atoms with Crippen LogP contribution in [0.3, 0.4) is 0 Å². The molecule has 0 spiro atoms. The molecule has 3 fully saturated rings. The zero-order valence-corrected chi connectivity index (χ0v) is 17.4. The normalized spacial score (nSPS) is 22.7. The molecular formula is C23H34N4O2. The Morgan fingerprint density at radius 2 is 1.52 bits per heavy atom. The van der Waals surface area contributed by atoms with E-state index in [9.17, 15) is 9.59 Å². The van der Waals surface area contributed by atoms with Crippen molar-refractivity contribution >= 4 is 11.8 Å². The zero-order chi connectivity index (χ0) is 20.1. The summed E-state index contributed by atoms with van der Waals surface area (Å²) in [6.45, 7) is 6.23. The molecule has 6 nitrogen and oxygen atoms in total. The number of carbonyl (C=O) groups excluding carboxylic acids is 2. The van der Waals surface area contributed by atoms with E-state index in [1.165, 1.54) is 25.7 Å². The molecule has 2 heterocycles. The first-order valence-electron chi connectivity index (χ1n) is 11.3. The largest absolute Gasteiger partial charge is 0.349 e. The summed E-state index contributed by atoms with van der Waals surface area (Å²) in [5.74, 6) is 0.225. The van der Waals surface area contributed by atoms with Gasteiger partial charge in [0.05, 0.1) is 6.54 Å². The second kappa shape index (κ2) is 9.72. The number of amides is 2. The van der Waals surface area contributed by atoms with Gasteiger partial charge in [0.15, 0.2) is 0 Å². The van der Waals surface area contributed by atoms with Crippen LogP contribution in [-0.2, 0) is 4.79 Å². The molecule has 2 amide bonds. The van der Waals surface area contributed by atoms with Gasteiger partial charge in [0.2, 0.25) is 5.91 Å². The highest BCUT2D eigenvalue weighted by molar-refractivity contribution is 5.94. The number of hydrogen-bond donors (Lipinski definition) is 1. The van der Waals surface area contributed by atoms with E-state index in [4.69, 9.17) is 0 Å². The molecule has 1 saturated carbocycles. The van der Waals surface area contributed by atoms with Gasteiger partial charge in [0.25, 0.3) is 5.91 Å². The Kier molecular flexibility index (Phi) is 6.82. The Hall–Kier alpha value is -1.92. The molecule has 1 aromatic carbocycles. The first kappa shape index (κ1) is 20.4. The maximum atomic E-state index is 12.7. The Morgan fingerprint density at radius 3 is 2.17 bits per heavy atom. The van der Waals surface area contributed by atoms with Crippen molar-refractivity contribution in [3.8, 4) is 0 Å². The minimum absolute atomic E-state index is 0.0180. The highest BCUT2D eigenvalue weighted by Crippen LogP contribution is 2.24. The lowest BCUT2D eigenvalue weighted by Gasteiger charge is -2.39. The summed E-state index contributed by atoms with van der Waals surface area (Å²) in [5, 5.41) is 3.11. The van der Waals surface area contributed by atoms with E-state index < -0.39 is 0 Å². The molecule has 158 valence electrons. The second-order valence-corrected chi connectivity index (χ2v) is 8.74. The molecule has 2 saturated heterocycles. The van der Waals surface area contributed by atoms with Crippen molar-refractivity contribution in [1.29, 1.82) is 0 Å². The number of hydrogen-bond acceptors (Lipinski definition) is 4. The zero-order valence-electron chi connectivity index (χ0n) is 17.4. The number of benzene rings is 1. The summed E-state index contributed by atoms with van der Waals surface area (Å²) in [6, 6.07) is 10.3. The lowest BCUT2D eigenvalue weighted by molar-refractivity contribution is -0.134. The number of nitrogens with zero attached hydrogens (tertiary/aromatic N) is 3. The smallest absolute Gasteiger partial charge is 0.251 e. The number of rotatable bonds is 5. The number of likely N-dealkylation sites (tertiary alicyclic amines) is 1. The van der Waals surface area contributed by atoms with Crippen LogP contribution in [0.1, 0.15) is 48.9 Å².